The van der Waals surface area contributed by atoms with Crippen LogP contribution in [-0.4, -0.2) is 29.7 Å². The summed E-state index contributed by atoms with van der Waals surface area (Å²) < 4.78 is 18.8. The lowest BCUT2D eigenvalue weighted by molar-refractivity contribution is -0.136. The molecule has 0 saturated heterocycles. The molecule has 0 unspecified atom stereocenters. The zero-order valence-corrected chi connectivity index (χ0v) is 23.9. The summed E-state index contributed by atoms with van der Waals surface area (Å²) in [5, 5.41) is 0.138. The van der Waals surface area contributed by atoms with Crippen LogP contribution >= 0.6 is 0 Å². The lowest BCUT2D eigenvalue weighted by atomic mass is 9.91. The summed E-state index contributed by atoms with van der Waals surface area (Å²) >= 11 is 0. The van der Waals surface area contributed by atoms with E-state index in [9.17, 15) is 4.79 Å². The normalized spacial score (nSPS) is 24.2. The van der Waals surface area contributed by atoms with Crippen molar-refractivity contribution in [2.45, 2.75) is 98.6 Å². The fraction of sp³-hybridized carbons (Fsp3) is 0.792. The van der Waals surface area contributed by atoms with Crippen LogP contribution in [0.25, 0.3) is 0 Å². The Hall–Kier alpha value is -1.02. The molecule has 0 saturated carbocycles. The molecular weight excluding hydrogens is 408 g/mol. The first-order valence-electron chi connectivity index (χ1n) is 11.2. The van der Waals surface area contributed by atoms with E-state index in [1.165, 1.54) is 7.11 Å². The van der Waals surface area contributed by atoms with Crippen molar-refractivity contribution >= 4 is 22.6 Å². The predicted octanol–water partition coefficient (Wildman–Crippen LogP) is 7.26. The van der Waals surface area contributed by atoms with Crippen LogP contribution in [0.3, 0.4) is 0 Å². The van der Waals surface area contributed by atoms with E-state index in [4.69, 9.17) is 13.6 Å². The highest BCUT2D eigenvalue weighted by Gasteiger charge is 2.45. The summed E-state index contributed by atoms with van der Waals surface area (Å²) in [6.45, 7) is 28.8. The molecule has 0 N–H and O–H groups in total. The number of ether oxygens (including phenoxy) is 1. The fourth-order valence-corrected chi connectivity index (χ4v) is 5.27. The summed E-state index contributed by atoms with van der Waals surface area (Å²) in [6, 6.07) is 0. The largest absolute Gasteiger partial charge is 0.547 e. The van der Waals surface area contributed by atoms with Crippen molar-refractivity contribution in [2.24, 2.45) is 17.8 Å². The molecule has 174 valence electrons. The van der Waals surface area contributed by atoms with Gasteiger partial charge in [0.15, 0.2) is 0 Å². The Balaban J connectivity index is 3.54. The Labute approximate surface area is 187 Å². The Kier molecular flexibility index (Phi) is 7.97. The highest BCUT2D eigenvalue weighted by atomic mass is 28.4. The van der Waals surface area contributed by atoms with Gasteiger partial charge in [0, 0.05) is 17.8 Å². The third kappa shape index (κ3) is 5.61. The molecule has 0 aromatic heterocycles. The van der Waals surface area contributed by atoms with Gasteiger partial charge in [-0.25, -0.2) is 4.79 Å². The van der Waals surface area contributed by atoms with Gasteiger partial charge in [0.1, 0.15) is 0 Å². The molecule has 4 nitrogen and oxygen atoms in total. The SMILES string of the molecule is COC(=O)C1=C(O[Si](C)(C)C(C)(C)C)[C@H](C)[C@H](C)C(O[Si](C)(C)C(C)(C)C)=C[C@@H]1C. The van der Waals surface area contributed by atoms with Crippen LogP contribution < -0.4 is 0 Å². The van der Waals surface area contributed by atoms with Crippen molar-refractivity contribution < 1.29 is 18.4 Å². The second kappa shape index (κ2) is 8.85. The molecule has 1 aliphatic rings. The lowest BCUT2D eigenvalue weighted by Crippen LogP contribution is -2.43. The molecule has 30 heavy (non-hydrogen) atoms. The minimum absolute atomic E-state index is 0.0224. The molecule has 0 bridgehead atoms. The maximum absolute atomic E-state index is 12.9. The van der Waals surface area contributed by atoms with Crippen LogP contribution in [0.15, 0.2) is 23.2 Å². The zero-order chi connectivity index (χ0) is 23.9. The van der Waals surface area contributed by atoms with Gasteiger partial charge in [-0.15, -0.1) is 0 Å². The van der Waals surface area contributed by atoms with Crippen LogP contribution in [0.5, 0.6) is 0 Å². The van der Waals surface area contributed by atoms with Crippen LogP contribution in [0.4, 0.5) is 0 Å². The van der Waals surface area contributed by atoms with Crippen molar-refractivity contribution in [3.63, 3.8) is 0 Å². The molecule has 0 amide bonds. The van der Waals surface area contributed by atoms with E-state index in [0.29, 0.717) is 5.57 Å². The third-order valence-corrected chi connectivity index (χ3v) is 16.2. The van der Waals surface area contributed by atoms with E-state index in [1.807, 2.05) is 6.92 Å². The molecule has 0 aromatic rings. The van der Waals surface area contributed by atoms with Crippen molar-refractivity contribution in [1.82, 2.24) is 0 Å². The van der Waals surface area contributed by atoms with Gasteiger partial charge in [0.2, 0.25) is 16.6 Å². The van der Waals surface area contributed by atoms with E-state index < -0.39 is 16.6 Å². The van der Waals surface area contributed by atoms with Crippen molar-refractivity contribution in [1.29, 1.82) is 0 Å². The Morgan fingerprint density at radius 1 is 0.833 bits per heavy atom. The van der Waals surface area contributed by atoms with Gasteiger partial charge in [-0.3, -0.25) is 0 Å². The molecule has 0 aliphatic heterocycles. The number of methoxy groups -OCH3 is 1. The molecule has 0 spiro atoms. The number of carbonyl (C=O) groups excluding carboxylic acids is 1. The average Bonchev–Trinajstić information content (AvgIpc) is 2.63. The highest BCUT2D eigenvalue weighted by molar-refractivity contribution is 6.74. The first-order valence-corrected chi connectivity index (χ1v) is 17.0. The molecule has 6 heteroatoms. The molecular formula is C24H46O4Si2. The van der Waals surface area contributed by atoms with Gasteiger partial charge in [0.25, 0.3) is 0 Å². The van der Waals surface area contributed by atoms with E-state index in [0.717, 1.165) is 11.5 Å². The van der Waals surface area contributed by atoms with Gasteiger partial charge in [-0.1, -0.05) is 62.3 Å². The number of rotatable bonds is 5. The molecule has 0 fully saturated rings. The van der Waals surface area contributed by atoms with Crippen molar-refractivity contribution in [3.8, 4) is 0 Å². The number of esters is 1. The van der Waals surface area contributed by atoms with Gasteiger partial charge in [-0.2, -0.15) is 0 Å². The maximum Gasteiger partial charge on any atom is 0.337 e. The second-order valence-electron chi connectivity index (χ2n) is 11.9. The fourth-order valence-electron chi connectivity index (χ4n) is 2.97. The van der Waals surface area contributed by atoms with E-state index >= 15 is 0 Å². The van der Waals surface area contributed by atoms with Crippen molar-refractivity contribution in [2.75, 3.05) is 7.11 Å². The minimum atomic E-state index is -2.14. The van der Waals surface area contributed by atoms with Gasteiger partial charge >= 0.3 is 5.97 Å². The Morgan fingerprint density at radius 2 is 1.27 bits per heavy atom. The van der Waals surface area contributed by atoms with Gasteiger partial charge < -0.3 is 13.6 Å². The van der Waals surface area contributed by atoms with Crippen LogP contribution in [0.1, 0.15) is 62.3 Å². The maximum atomic E-state index is 12.9. The standard InChI is InChI=1S/C24H46O4Si2/c1-16-15-19(27-29(11,12)23(4,5)6)17(2)18(3)21(20(16)22(25)26-10)28-30(13,14)24(7,8)9/h15-18H,1-14H3/t16-,17-,18+/m0/s1. The smallest absolute Gasteiger partial charge is 0.337 e. The molecule has 0 aromatic carbocycles. The summed E-state index contributed by atoms with van der Waals surface area (Å²) in [6.07, 6.45) is 2.12. The third-order valence-electron chi connectivity index (χ3n) is 7.50. The summed E-state index contributed by atoms with van der Waals surface area (Å²) in [5.41, 5.74) is 0.635. The number of carbonyl (C=O) groups is 1. The lowest BCUT2D eigenvalue weighted by Gasteiger charge is -2.41. The van der Waals surface area contributed by atoms with Gasteiger partial charge in [-0.05, 0) is 42.3 Å². The summed E-state index contributed by atoms with van der Waals surface area (Å²) in [5.74, 6) is 1.47. The zero-order valence-electron chi connectivity index (χ0n) is 21.9. The topological polar surface area (TPSA) is 44.8 Å². The van der Waals surface area contributed by atoms with E-state index in [2.05, 4.69) is 87.7 Å². The van der Waals surface area contributed by atoms with E-state index in [1.54, 1.807) is 0 Å². The second-order valence-corrected chi connectivity index (χ2v) is 21.4. The minimum Gasteiger partial charge on any atom is -0.547 e. The Bertz CT molecular complexity index is 706. The predicted molar refractivity (Wildman–Crippen MR) is 131 cm³/mol. The average molecular weight is 455 g/mol. The number of allylic oxidation sites excluding steroid dienone is 3. The molecule has 1 aliphatic carbocycles. The molecule has 0 heterocycles. The first-order chi connectivity index (χ1) is 13.3. The van der Waals surface area contributed by atoms with Crippen LogP contribution in [-0.2, 0) is 18.4 Å². The summed E-state index contributed by atoms with van der Waals surface area (Å²) in [7, 11) is -2.70. The van der Waals surface area contributed by atoms with Crippen LogP contribution in [0, 0.1) is 17.8 Å². The number of hydrogen-bond donors (Lipinski definition) is 0. The van der Waals surface area contributed by atoms with Crippen LogP contribution in [0.2, 0.25) is 36.3 Å². The van der Waals surface area contributed by atoms with E-state index in [-0.39, 0.29) is 33.8 Å². The number of hydrogen-bond acceptors (Lipinski definition) is 4. The van der Waals surface area contributed by atoms with Crippen molar-refractivity contribution in [3.05, 3.63) is 23.2 Å². The van der Waals surface area contributed by atoms with Gasteiger partial charge in [0.05, 0.1) is 24.2 Å². The monoisotopic (exact) mass is 454 g/mol. The molecule has 1 rings (SSSR count). The molecule has 0 radical (unpaired) electrons. The quantitative estimate of drug-likeness (QED) is 0.324. The first kappa shape index (κ1) is 27.0. The summed E-state index contributed by atoms with van der Waals surface area (Å²) in [4.78, 5) is 12.9. The Morgan fingerprint density at radius 3 is 1.67 bits per heavy atom. The highest BCUT2D eigenvalue weighted by Crippen LogP contribution is 2.46. The molecule has 3 atom stereocenters.